The number of hydrogen-bond donors (Lipinski definition) is 2. The second kappa shape index (κ2) is 6.42. The van der Waals surface area contributed by atoms with Crippen LogP contribution in [0.25, 0.3) is 0 Å². The van der Waals surface area contributed by atoms with Crippen LogP contribution in [0.4, 0.5) is 5.69 Å². The van der Waals surface area contributed by atoms with E-state index in [0.29, 0.717) is 17.9 Å². The van der Waals surface area contributed by atoms with E-state index < -0.39 is 15.7 Å². The van der Waals surface area contributed by atoms with Gasteiger partial charge >= 0.3 is 0 Å². The van der Waals surface area contributed by atoms with Crippen molar-refractivity contribution >= 4 is 21.4 Å². The van der Waals surface area contributed by atoms with Crippen molar-refractivity contribution in [2.45, 2.75) is 13.3 Å². The summed E-state index contributed by atoms with van der Waals surface area (Å²) in [6, 6.07) is 4.56. The average Bonchev–Trinajstić information content (AvgIpc) is 2.36. The highest BCUT2D eigenvalue weighted by molar-refractivity contribution is 7.91. The van der Waals surface area contributed by atoms with Crippen molar-refractivity contribution < 1.29 is 17.9 Å². The number of anilines is 1. The maximum atomic E-state index is 11.3. The molecular weight excluding hydrogens is 268 g/mol. The van der Waals surface area contributed by atoms with Gasteiger partial charge in [-0.25, -0.2) is 8.42 Å². The smallest absolute Gasteiger partial charge is 0.252 e. The van der Waals surface area contributed by atoms with Crippen LogP contribution in [-0.2, 0) is 9.84 Å². The number of carbonyl (C=O) groups is 1. The Morgan fingerprint density at radius 2 is 2.05 bits per heavy atom. The Morgan fingerprint density at radius 1 is 1.37 bits per heavy atom. The summed E-state index contributed by atoms with van der Waals surface area (Å²) in [6.45, 7) is 1.80. The summed E-state index contributed by atoms with van der Waals surface area (Å²) in [5.41, 5.74) is 11.4. The zero-order chi connectivity index (χ0) is 14.5. The Labute approximate surface area is 112 Å². The second-order valence-corrected chi connectivity index (χ2v) is 6.53. The molecule has 0 heterocycles. The molecule has 0 saturated heterocycles. The molecule has 0 unspecified atom stereocenters. The minimum Gasteiger partial charge on any atom is -0.493 e. The van der Waals surface area contributed by atoms with Crippen LogP contribution in [0.1, 0.15) is 23.7 Å². The molecule has 0 aliphatic carbocycles. The summed E-state index contributed by atoms with van der Waals surface area (Å²) in [5.74, 6) is -0.148. The normalized spacial score (nSPS) is 11.2. The maximum Gasteiger partial charge on any atom is 0.252 e. The van der Waals surface area contributed by atoms with Crippen LogP contribution in [0.3, 0.4) is 0 Å². The van der Waals surface area contributed by atoms with Crippen LogP contribution in [-0.4, -0.2) is 32.4 Å². The zero-order valence-corrected chi connectivity index (χ0v) is 11.6. The number of primary amides is 1. The first-order chi connectivity index (χ1) is 8.85. The molecule has 0 spiro atoms. The fourth-order valence-electron chi connectivity index (χ4n) is 1.47. The van der Waals surface area contributed by atoms with Gasteiger partial charge in [-0.15, -0.1) is 0 Å². The quantitative estimate of drug-likeness (QED) is 0.562. The Hall–Kier alpha value is -1.76. The Bertz CT molecular complexity index is 555. The molecule has 4 N–H and O–H groups in total. The van der Waals surface area contributed by atoms with Crippen LogP contribution in [0.15, 0.2) is 18.2 Å². The Kier molecular flexibility index (Phi) is 5.17. The molecule has 1 aromatic rings. The summed E-state index contributed by atoms with van der Waals surface area (Å²) in [5, 5.41) is 0. The number of nitrogens with two attached hydrogens (primary N) is 2. The van der Waals surface area contributed by atoms with E-state index in [1.807, 2.05) is 0 Å². The van der Waals surface area contributed by atoms with Crippen molar-refractivity contribution in [3.63, 3.8) is 0 Å². The van der Waals surface area contributed by atoms with Gasteiger partial charge in [-0.2, -0.15) is 0 Å². The highest BCUT2D eigenvalue weighted by atomic mass is 32.2. The van der Waals surface area contributed by atoms with Gasteiger partial charge in [0.2, 0.25) is 0 Å². The molecule has 1 rings (SSSR count). The van der Waals surface area contributed by atoms with E-state index in [4.69, 9.17) is 16.2 Å². The van der Waals surface area contributed by atoms with Crippen molar-refractivity contribution in [3.8, 4) is 5.75 Å². The van der Waals surface area contributed by atoms with E-state index in [-0.39, 0.29) is 23.7 Å². The number of sulfone groups is 1. The predicted octanol–water partition coefficient (Wildman–Crippen LogP) is 0.571. The minimum atomic E-state index is -3.00. The minimum absolute atomic E-state index is 0.0599. The molecule has 1 aromatic carbocycles. The van der Waals surface area contributed by atoms with Crippen LogP contribution in [0.2, 0.25) is 0 Å². The lowest BCUT2D eigenvalue weighted by Gasteiger charge is -2.10. The van der Waals surface area contributed by atoms with Gasteiger partial charge in [0.05, 0.1) is 17.9 Å². The molecular formula is C12H18N2O4S. The third kappa shape index (κ3) is 4.78. The Morgan fingerprint density at radius 3 is 2.63 bits per heavy atom. The first kappa shape index (κ1) is 15.3. The molecule has 0 aromatic heterocycles. The van der Waals surface area contributed by atoms with Gasteiger partial charge in [-0.3, -0.25) is 4.79 Å². The molecule has 19 heavy (non-hydrogen) atoms. The van der Waals surface area contributed by atoms with Crippen molar-refractivity contribution in [2.75, 3.05) is 23.8 Å². The average molecular weight is 286 g/mol. The first-order valence-electron chi connectivity index (χ1n) is 5.88. The van der Waals surface area contributed by atoms with E-state index in [2.05, 4.69) is 0 Å². The number of rotatable bonds is 7. The standard InChI is InChI=1S/C12H18N2O4S/c1-2-19(16,17)7-3-6-18-11-5-4-9(13)8-10(11)12(14)15/h4-5,8H,2-3,6-7,13H2,1H3,(H2,14,15). The monoisotopic (exact) mass is 286 g/mol. The van der Waals surface area contributed by atoms with Crippen LogP contribution >= 0.6 is 0 Å². The molecule has 0 fully saturated rings. The largest absolute Gasteiger partial charge is 0.493 e. The fraction of sp³-hybridized carbons (Fsp3) is 0.417. The van der Waals surface area contributed by atoms with Crippen LogP contribution in [0.5, 0.6) is 5.75 Å². The number of ether oxygens (including phenoxy) is 1. The van der Waals surface area contributed by atoms with Gasteiger partial charge in [-0.05, 0) is 24.6 Å². The summed E-state index contributed by atoms with van der Waals surface area (Å²) in [4.78, 5) is 11.2. The molecule has 0 bridgehead atoms. The van der Waals surface area contributed by atoms with Gasteiger partial charge in [0.15, 0.2) is 0 Å². The molecule has 0 radical (unpaired) electrons. The first-order valence-corrected chi connectivity index (χ1v) is 7.70. The number of carbonyl (C=O) groups excluding carboxylic acids is 1. The zero-order valence-electron chi connectivity index (χ0n) is 10.8. The van der Waals surface area contributed by atoms with Crippen LogP contribution in [0, 0.1) is 0 Å². The number of amides is 1. The molecule has 106 valence electrons. The summed E-state index contributed by atoms with van der Waals surface area (Å²) in [6.07, 6.45) is 0.360. The third-order valence-electron chi connectivity index (χ3n) is 2.57. The lowest BCUT2D eigenvalue weighted by Crippen LogP contribution is -2.15. The highest BCUT2D eigenvalue weighted by Gasteiger charge is 2.11. The molecule has 7 heteroatoms. The van der Waals surface area contributed by atoms with E-state index in [9.17, 15) is 13.2 Å². The van der Waals surface area contributed by atoms with E-state index in [0.717, 1.165) is 0 Å². The third-order valence-corrected chi connectivity index (χ3v) is 4.36. The summed E-state index contributed by atoms with van der Waals surface area (Å²) >= 11 is 0. The van der Waals surface area contributed by atoms with Crippen LogP contribution < -0.4 is 16.2 Å². The lowest BCUT2D eigenvalue weighted by molar-refractivity contribution is 0.0996. The topological polar surface area (TPSA) is 112 Å². The summed E-state index contributed by atoms with van der Waals surface area (Å²) in [7, 11) is -3.00. The fourth-order valence-corrected chi connectivity index (χ4v) is 2.32. The van der Waals surface area contributed by atoms with Gasteiger partial charge in [0.1, 0.15) is 15.6 Å². The van der Waals surface area contributed by atoms with E-state index >= 15 is 0 Å². The molecule has 0 aliphatic heterocycles. The summed E-state index contributed by atoms with van der Waals surface area (Å²) < 4.78 is 27.9. The van der Waals surface area contributed by atoms with Gasteiger partial charge < -0.3 is 16.2 Å². The number of nitrogen functional groups attached to an aromatic ring is 1. The van der Waals surface area contributed by atoms with E-state index in [1.165, 1.54) is 6.07 Å². The molecule has 6 nitrogen and oxygen atoms in total. The van der Waals surface area contributed by atoms with Crippen molar-refractivity contribution in [1.82, 2.24) is 0 Å². The second-order valence-electron chi connectivity index (χ2n) is 4.06. The molecule has 0 atom stereocenters. The predicted molar refractivity (Wildman–Crippen MR) is 73.8 cm³/mol. The van der Waals surface area contributed by atoms with Crippen molar-refractivity contribution in [3.05, 3.63) is 23.8 Å². The van der Waals surface area contributed by atoms with Gasteiger partial charge in [0.25, 0.3) is 5.91 Å². The maximum absolute atomic E-state index is 11.3. The number of hydrogen-bond acceptors (Lipinski definition) is 5. The molecule has 1 amide bonds. The SMILES string of the molecule is CCS(=O)(=O)CCCOc1ccc(N)cc1C(N)=O. The lowest BCUT2D eigenvalue weighted by atomic mass is 10.1. The van der Waals surface area contributed by atoms with Crippen molar-refractivity contribution in [1.29, 1.82) is 0 Å². The van der Waals surface area contributed by atoms with Gasteiger partial charge in [-0.1, -0.05) is 6.92 Å². The number of benzene rings is 1. The highest BCUT2D eigenvalue weighted by Crippen LogP contribution is 2.21. The molecule has 0 saturated carbocycles. The van der Waals surface area contributed by atoms with Gasteiger partial charge in [0, 0.05) is 11.4 Å². The van der Waals surface area contributed by atoms with Crippen molar-refractivity contribution in [2.24, 2.45) is 5.73 Å². The Balaban J connectivity index is 2.61. The molecule has 0 aliphatic rings. The van der Waals surface area contributed by atoms with E-state index in [1.54, 1.807) is 19.1 Å².